The Balaban J connectivity index is 1.79. The van der Waals surface area contributed by atoms with E-state index in [0.717, 1.165) is 0 Å². The van der Waals surface area contributed by atoms with Crippen LogP contribution in [0.4, 0.5) is 17.6 Å². The van der Waals surface area contributed by atoms with Gasteiger partial charge in [-0.15, -0.1) is 0 Å². The van der Waals surface area contributed by atoms with Crippen molar-refractivity contribution in [2.45, 2.75) is 25.6 Å². The van der Waals surface area contributed by atoms with Gasteiger partial charge in [-0.05, 0) is 38.1 Å². The first-order valence-electron chi connectivity index (χ1n) is 8.80. The number of nitrogens with one attached hydrogen (secondary N) is 1. The van der Waals surface area contributed by atoms with Gasteiger partial charge in [0.15, 0.2) is 0 Å². The van der Waals surface area contributed by atoms with Gasteiger partial charge in [-0.2, -0.15) is 13.2 Å². The van der Waals surface area contributed by atoms with Gasteiger partial charge >= 0.3 is 6.18 Å². The number of piperidine rings is 1. The van der Waals surface area contributed by atoms with E-state index < -0.39 is 30.4 Å². The minimum Gasteiger partial charge on any atom is -0.347 e. The van der Waals surface area contributed by atoms with Crippen molar-refractivity contribution in [1.82, 2.24) is 15.1 Å². The highest BCUT2D eigenvalue weighted by molar-refractivity contribution is 6.31. The molecule has 2 rings (SSSR count). The molecule has 0 saturated carbocycles. The van der Waals surface area contributed by atoms with Crippen LogP contribution in [0.1, 0.15) is 18.4 Å². The Morgan fingerprint density at radius 3 is 2.50 bits per heavy atom. The minimum absolute atomic E-state index is 0.0284. The third-order valence-corrected chi connectivity index (χ3v) is 5.02. The molecule has 1 saturated heterocycles. The highest BCUT2D eigenvalue weighted by atomic mass is 35.5. The average molecular weight is 424 g/mol. The fourth-order valence-corrected chi connectivity index (χ4v) is 3.23. The number of carbonyl (C=O) groups is 2. The lowest BCUT2D eigenvalue weighted by atomic mass is 9.96. The first-order chi connectivity index (χ1) is 13.1. The first kappa shape index (κ1) is 22.4. The summed E-state index contributed by atoms with van der Waals surface area (Å²) in [7, 11) is 1.54. The topological polar surface area (TPSA) is 52.7 Å². The standard InChI is InChI=1S/C18H22ClF4N3O2/c1-25(9-13-14(19)3-2-4-15(13)20)16(27)10-26-7-5-12(6-8-26)17(28)24-11-18(21,22)23/h2-4,12H,5-11H2,1H3,(H,24,28). The molecule has 2 amide bonds. The lowest BCUT2D eigenvalue weighted by Crippen LogP contribution is -2.45. The van der Waals surface area contributed by atoms with E-state index in [4.69, 9.17) is 11.6 Å². The molecule has 0 bridgehead atoms. The molecule has 156 valence electrons. The Morgan fingerprint density at radius 2 is 1.93 bits per heavy atom. The van der Waals surface area contributed by atoms with Crippen molar-refractivity contribution >= 4 is 23.4 Å². The molecule has 1 heterocycles. The molecule has 0 atom stereocenters. The van der Waals surface area contributed by atoms with E-state index in [1.54, 1.807) is 13.1 Å². The van der Waals surface area contributed by atoms with Crippen LogP contribution in [0, 0.1) is 11.7 Å². The van der Waals surface area contributed by atoms with E-state index in [0.29, 0.717) is 25.9 Å². The Kier molecular flexibility index (Phi) is 7.65. The number of likely N-dealkylation sites (N-methyl/N-ethyl adjacent to an activating group) is 1. The fraction of sp³-hybridized carbons (Fsp3) is 0.556. The van der Waals surface area contributed by atoms with Gasteiger partial charge in [-0.1, -0.05) is 17.7 Å². The highest BCUT2D eigenvalue weighted by Gasteiger charge is 2.31. The zero-order valence-electron chi connectivity index (χ0n) is 15.4. The second kappa shape index (κ2) is 9.56. The van der Waals surface area contributed by atoms with Gasteiger partial charge in [0.1, 0.15) is 12.4 Å². The lowest BCUT2D eigenvalue weighted by molar-refractivity contribution is -0.142. The molecule has 0 unspecified atom stereocenters. The summed E-state index contributed by atoms with van der Waals surface area (Å²) in [6.45, 7) is -0.387. The van der Waals surface area contributed by atoms with Crippen LogP contribution < -0.4 is 5.32 Å². The number of hydrogen-bond donors (Lipinski definition) is 1. The molecule has 0 spiro atoms. The van der Waals surface area contributed by atoms with Gasteiger partial charge < -0.3 is 10.2 Å². The molecule has 1 aromatic carbocycles. The number of nitrogens with zero attached hydrogens (tertiary/aromatic N) is 2. The van der Waals surface area contributed by atoms with Crippen LogP contribution in [0.2, 0.25) is 5.02 Å². The zero-order chi connectivity index (χ0) is 20.9. The van der Waals surface area contributed by atoms with Crippen molar-refractivity contribution in [3.05, 3.63) is 34.6 Å². The number of benzene rings is 1. The number of likely N-dealkylation sites (tertiary alicyclic amines) is 1. The number of carbonyl (C=O) groups excluding carboxylic acids is 2. The summed E-state index contributed by atoms with van der Waals surface area (Å²) in [6, 6.07) is 4.30. The summed E-state index contributed by atoms with van der Waals surface area (Å²) in [6.07, 6.45) is -3.69. The zero-order valence-corrected chi connectivity index (χ0v) is 16.1. The normalized spacial score (nSPS) is 16.1. The molecule has 5 nitrogen and oxygen atoms in total. The first-order valence-corrected chi connectivity index (χ1v) is 9.18. The van der Waals surface area contributed by atoms with Crippen LogP contribution in [-0.2, 0) is 16.1 Å². The molecule has 0 aliphatic carbocycles. The Labute approximate surface area is 165 Å². The predicted molar refractivity (Wildman–Crippen MR) is 96.1 cm³/mol. The molecule has 0 radical (unpaired) electrons. The molecule has 1 aromatic rings. The van der Waals surface area contributed by atoms with Crippen LogP contribution in [0.25, 0.3) is 0 Å². The molecule has 1 fully saturated rings. The summed E-state index contributed by atoms with van der Waals surface area (Å²) in [5, 5.41) is 2.14. The van der Waals surface area contributed by atoms with E-state index in [1.807, 2.05) is 10.2 Å². The van der Waals surface area contributed by atoms with E-state index in [9.17, 15) is 27.2 Å². The van der Waals surface area contributed by atoms with Crippen LogP contribution in [0.15, 0.2) is 18.2 Å². The summed E-state index contributed by atoms with van der Waals surface area (Å²) in [5.74, 6) is -1.84. The van der Waals surface area contributed by atoms with Crippen molar-refractivity contribution in [3.63, 3.8) is 0 Å². The number of amides is 2. The summed E-state index contributed by atoms with van der Waals surface area (Å²) in [5.41, 5.74) is 0.236. The van der Waals surface area contributed by atoms with E-state index in [1.165, 1.54) is 17.0 Å². The number of rotatable bonds is 6. The Bertz CT molecular complexity index is 686. The maximum absolute atomic E-state index is 13.8. The van der Waals surface area contributed by atoms with Gasteiger partial charge in [0, 0.05) is 30.1 Å². The predicted octanol–water partition coefficient (Wildman–Crippen LogP) is 2.83. The lowest BCUT2D eigenvalue weighted by Gasteiger charge is -2.32. The van der Waals surface area contributed by atoms with Crippen LogP contribution in [-0.4, -0.2) is 61.0 Å². The number of hydrogen-bond acceptors (Lipinski definition) is 3. The van der Waals surface area contributed by atoms with Crippen molar-refractivity contribution in [1.29, 1.82) is 0 Å². The van der Waals surface area contributed by atoms with Crippen LogP contribution in [0.5, 0.6) is 0 Å². The van der Waals surface area contributed by atoms with Gasteiger partial charge in [-0.3, -0.25) is 14.5 Å². The van der Waals surface area contributed by atoms with E-state index >= 15 is 0 Å². The summed E-state index contributed by atoms with van der Waals surface area (Å²) in [4.78, 5) is 27.4. The molecule has 0 aromatic heterocycles. The Morgan fingerprint density at radius 1 is 1.29 bits per heavy atom. The average Bonchev–Trinajstić information content (AvgIpc) is 2.62. The fourth-order valence-electron chi connectivity index (χ4n) is 3.01. The summed E-state index contributed by atoms with van der Waals surface area (Å²) >= 11 is 5.97. The largest absolute Gasteiger partial charge is 0.405 e. The maximum Gasteiger partial charge on any atom is 0.405 e. The monoisotopic (exact) mass is 423 g/mol. The smallest absolute Gasteiger partial charge is 0.347 e. The van der Waals surface area contributed by atoms with Crippen molar-refractivity contribution in [2.75, 3.05) is 33.2 Å². The molecule has 1 aliphatic rings. The van der Waals surface area contributed by atoms with Gasteiger partial charge in [0.2, 0.25) is 11.8 Å². The number of halogens is 5. The van der Waals surface area contributed by atoms with Gasteiger partial charge in [0.05, 0.1) is 6.54 Å². The van der Waals surface area contributed by atoms with Crippen molar-refractivity contribution in [2.24, 2.45) is 5.92 Å². The molecule has 1 N–H and O–H groups in total. The number of alkyl halides is 3. The van der Waals surface area contributed by atoms with E-state index in [2.05, 4.69) is 0 Å². The highest BCUT2D eigenvalue weighted by Crippen LogP contribution is 2.21. The van der Waals surface area contributed by atoms with Gasteiger partial charge in [-0.25, -0.2) is 4.39 Å². The second-order valence-electron chi connectivity index (χ2n) is 6.83. The molecule has 28 heavy (non-hydrogen) atoms. The minimum atomic E-state index is -4.44. The second-order valence-corrected chi connectivity index (χ2v) is 7.24. The van der Waals surface area contributed by atoms with Crippen molar-refractivity contribution < 1.29 is 27.2 Å². The third kappa shape index (κ3) is 6.63. The quantitative estimate of drug-likeness (QED) is 0.716. The Hall–Kier alpha value is -1.87. The van der Waals surface area contributed by atoms with Crippen LogP contribution >= 0.6 is 11.6 Å². The molecular formula is C18H22ClF4N3O2. The van der Waals surface area contributed by atoms with E-state index in [-0.39, 0.29) is 29.6 Å². The maximum atomic E-state index is 13.8. The molecular weight excluding hydrogens is 402 g/mol. The van der Waals surface area contributed by atoms with Crippen LogP contribution in [0.3, 0.4) is 0 Å². The van der Waals surface area contributed by atoms with Crippen molar-refractivity contribution in [3.8, 4) is 0 Å². The molecule has 1 aliphatic heterocycles. The third-order valence-electron chi connectivity index (χ3n) is 4.66. The van der Waals surface area contributed by atoms with Gasteiger partial charge in [0.25, 0.3) is 0 Å². The summed E-state index contributed by atoms with van der Waals surface area (Å²) < 4.78 is 50.4. The molecule has 10 heteroatoms. The SMILES string of the molecule is CN(Cc1c(F)cccc1Cl)C(=O)CN1CCC(C(=O)NCC(F)(F)F)CC1.